The van der Waals surface area contributed by atoms with Crippen LogP contribution in [0, 0.1) is 5.92 Å². The number of aromatic nitrogens is 2. The molecule has 3 aromatic rings. The maximum Gasteiger partial charge on any atom is 0.264 e. The molecule has 0 aliphatic carbocycles. The summed E-state index contributed by atoms with van der Waals surface area (Å²) in [5.41, 5.74) is 0.328. The molecule has 11 heteroatoms. The molecule has 2 aromatic carbocycles. The molecule has 0 aliphatic rings. The van der Waals surface area contributed by atoms with E-state index in [4.69, 9.17) is 11.6 Å². The minimum Gasteiger partial charge on any atom is -0.299 e. The molecule has 0 saturated carbocycles. The maximum atomic E-state index is 13.2. The van der Waals surface area contributed by atoms with Crippen molar-refractivity contribution >= 4 is 61.4 Å². The first kappa shape index (κ1) is 23.5. The van der Waals surface area contributed by atoms with Crippen LogP contribution in [0.3, 0.4) is 0 Å². The molecule has 0 bridgehead atoms. The number of benzene rings is 2. The Kier molecular flexibility index (Phi) is 7.93. The molecule has 0 fully saturated rings. The van der Waals surface area contributed by atoms with Gasteiger partial charge in [0.15, 0.2) is 4.34 Å². The highest BCUT2D eigenvalue weighted by molar-refractivity contribution is 8.01. The second-order valence-corrected chi connectivity index (χ2v) is 11.5. The number of carbonyl (C=O) groups excluding carboxylic acids is 1. The number of hydrogen-bond acceptors (Lipinski definition) is 7. The van der Waals surface area contributed by atoms with Crippen LogP contribution in [0.2, 0.25) is 5.02 Å². The van der Waals surface area contributed by atoms with Crippen molar-refractivity contribution in [3.8, 4) is 0 Å². The van der Waals surface area contributed by atoms with Crippen LogP contribution in [-0.2, 0) is 14.8 Å². The molecular formula is C20H21ClN4O3S3. The molecule has 3 rings (SSSR count). The Hall–Kier alpha value is -2.14. The molecule has 164 valence electrons. The molecule has 0 aliphatic heterocycles. The number of halogens is 1. The molecular weight excluding hydrogens is 476 g/mol. The number of anilines is 2. The second kappa shape index (κ2) is 10.4. The van der Waals surface area contributed by atoms with Crippen LogP contribution in [0.1, 0.15) is 13.8 Å². The van der Waals surface area contributed by atoms with Crippen molar-refractivity contribution in [2.24, 2.45) is 5.92 Å². The Morgan fingerprint density at radius 3 is 2.45 bits per heavy atom. The molecule has 1 N–H and O–H groups in total. The highest BCUT2D eigenvalue weighted by Gasteiger charge is 2.27. The van der Waals surface area contributed by atoms with E-state index in [0.717, 1.165) is 14.4 Å². The zero-order valence-corrected chi connectivity index (χ0v) is 20.1. The van der Waals surface area contributed by atoms with Gasteiger partial charge < -0.3 is 0 Å². The van der Waals surface area contributed by atoms with Crippen molar-refractivity contribution in [3.63, 3.8) is 0 Å². The standard InChI is InChI=1S/C20H21ClN4O3S3/c1-14(2)13-29-20-24-23-19(30-20)22-18(26)12-25(16-10-8-15(21)9-11-16)31(27,28)17-6-4-3-5-7-17/h3-11,14H,12-13H2,1-2H3,(H,22,23,26). The molecule has 0 atom stereocenters. The van der Waals surface area contributed by atoms with Crippen LogP contribution in [0.25, 0.3) is 0 Å². The molecule has 31 heavy (non-hydrogen) atoms. The SMILES string of the molecule is CC(C)CSc1nnc(NC(=O)CN(c2ccc(Cl)cc2)S(=O)(=O)c2ccccc2)s1. The van der Waals surface area contributed by atoms with Crippen molar-refractivity contribution in [1.82, 2.24) is 10.2 Å². The summed E-state index contributed by atoms with van der Waals surface area (Å²) in [6.45, 7) is 3.79. The quantitative estimate of drug-likeness (QED) is 0.338. The molecule has 0 radical (unpaired) electrons. The van der Waals surface area contributed by atoms with Crippen LogP contribution in [-0.4, -0.2) is 36.8 Å². The number of amides is 1. The van der Waals surface area contributed by atoms with Crippen molar-refractivity contribution in [2.75, 3.05) is 21.9 Å². The number of nitrogens with one attached hydrogen (secondary N) is 1. The van der Waals surface area contributed by atoms with Crippen LogP contribution in [0.4, 0.5) is 10.8 Å². The first-order chi connectivity index (χ1) is 14.8. The first-order valence-corrected chi connectivity index (χ1v) is 13.0. The Balaban J connectivity index is 1.80. The van der Waals surface area contributed by atoms with Crippen LogP contribution >= 0.6 is 34.7 Å². The van der Waals surface area contributed by atoms with E-state index in [9.17, 15) is 13.2 Å². The van der Waals surface area contributed by atoms with E-state index >= 15 is 0 Å². The number of hydrogen-bond donors (Lipinski definition) is 1. The fraction of sp³-hybridized carbons (Fsp3) is 0.250. The van der Waals surface area contributed by atoms with Crippen molar-refractivity contribution < 1.29 is 13.2 Å². The summed E-state index contributed by atoms with van der Waals surface area (Å²) in [7, 11) is -3.97. The van der Waals surface area contributed by atoms with Crippen molar-refractivity contribution in [2.45, 2.75) is 23.1 Å². The predicted molar refractivity (Wildman–Crippen MR) is 127 cm³/mol. The van der Waals surface area contributed by atoms with E-state index in [1.54, 1.807) is 54.2 Å². The van der Waals surface area contributed by atoms with Crippen LogP contribution < -0.4 is 9.62 Å². The fourth-order valence-electron chi connectivity index (χ4n) is 2.49. The van der Waals surface area contributed by atoms with Gasteiger partial charge in [-0.3, -0.25) is 14.4 Å². The van der Waals surface area contributed by atoms with E-state index in [0.29, 0.717) is 21.8 Å². The normalized spacial score (nSPS) is 11.5. The largest absolute Gasteiger partial charge is 0.299 e. The molecule has 1 amide bonds. The molecule has 0 spiro atoms. The molecule has 0 unspecified atom stereocenters. The lowest BCUT2D eigenvalue weighted by Gasteiger charge is -2.24. The molecule has 0 saturated heterocycles. The van der Waals surface area contributed by atoms with Gasteiger partial charge >= 0.3 is 0 Å². The average Bonchev–Trinajstić information content (AvgIpc) is 3.19. The molecule has 1 heterocycles. The average molecular weight is 497 g/mol. The van der Waals surface area contributed by atoms with E-state index < -0.39 is 22.5 Å². The van der Waals surface area contributed by atoms with Gasteiger partial charge in [-0.1, -0.05) is 66.7 Å². The van der Waals surface area contributed by atoms with Gasteiger partial charge in [-0.25, -0.2) is 8.42 Å². The van der Waals surface area contributed by atoms with Gasteiger partial charge in [0.05, 0.1) is 10.6 Å². The van der Waals surface area contributed by atoms with Gasteiger partial charge in [0.25, 0.3) is 10.0 Å². The number of rotatable bonds is 9. The summed E-state index contributed by atoms with van der Waals surface area (Å²) < 4.78 is 28.3. The Bertz CT molecular complexity index is 1120. The third kappa shape index (κ3) is 6.42. The van der Waals surface area contributed by atoms with E-state index in [1.807, 2.05) is 0 Å². The monoisotopic (exact) mass is 496 g/mol. The number of thioether (sulfide) groups is 1. The van der Waals surface area contributed by atoms with Gasteiger partial charge in [-0.15, -0.1) is 10.2 Å². The summed E-state index contributed by atoms with van der Waals surface area (Å²) >= 11 is 8.77. The summed E-state index contributed by atoms with van der Waals surface area (Å²) in [5.74, 6) is 0.872. The summed E-state index contributed by atoms with van der Waals surface area (Å²) in [5, 5.41) is 11.5. The fourth-order valence-corrected chi connectivity index (χ4v) is 5.80. The highest BCUT2D eigenvalue weighted by Crippen LogP contribution is 2.28. The maximum absolute atomic E-state index is 13.2. The van der Waals surface area contributed by atoms with Crippen LogP contribution in [0.15, 0.2) is 63.8 Å². The summed E-state index contributed by atoms with van der Waals surface area (Å²) in [6.07, 6.45) is 0. The lowest BCUT2D eigenvalue weighted by atomic mass is 10.3. The third-order valence-corrected chi connectivity index (χ3v) is 8.36. The van der Waals surface area contributed by atoms with E-state index in [2.05, 4.69) is 29.4 Å². The summed E-state index contributed by atoms with van der Waals surface area (Å²) in [6, 6.07) is 14.2. The molecule has 1 aromatic heterocycles. The number of carbonyl (C=O) groups is 1. The first-order valence-electron chi connectivity index (χ1n) is 9.35. The second-order valence-electron chi connectivity index (χ2n) is 6.93. The zero-order valence-electron chi connectivity index (χ0n) is 16.9. The summed E-state index contributed by atoms with van der Waals surface area (Å²) in [4.78, 5) is 12.8. The minimum atomic E-state index is -3.97. The zero-order chi connectivity index (χ0) is 22.4. The minimum absolute atomic E-state index is 0.0843. The lowest BCUT2D eigenvalue weighted by Crippen LogP contribution is -2.38. The smallest absolute Gasteiger partial charge is 0.264 e. The van der Waals surface area contributed by atoms with Gasteiger partial charge in [0.1, 0.15) is 6.54 Å². The van der Waals surface area contributed by atoms with Gasteiger partial charge in [-0.2, -0.15) is 0 Å². The topological polar surface area (TPSA) is 92.3 Å². The van der Waals surface area contributed by atoms with Gasteiger partial charge in [0.2, 0.25) is 11.0 Å². The van der Waals surface area contributed by atoms with Crippen molar-refractivity contribution in [1.29, 1.82) is 0 Å². The van der Waals surface area contributed by atoms with E-state index in [1.165, 1.54) is 23.5 Å². The lowest BCUT2D eigenvalue weighted by molar-refractivity contribution is -0.114. The number of nitrogens with zero attached hydrogens (tertiary/aromatic N) is 3. The molecule has 7 nitrogen and oxygen atoms in total. The van der Waals surface area contributed by atoms with Gasteiger partial charge in [-0.05, 0) is 42.3 Å². The third-order valence-electron chi connectivity index (χ3n) is 3.93. The van der Waals surface area contributed by atoms with Crippen LogP contribution in [0.5, 0.6) is 0 Å². The predicted octanol–water partition coefficient (Wildman–Crippen LogP) is 4.77. The Labute approximate surface area is 194 Å². The number of sulfonamides is 1. The Morgan fingerprint density at radius 1 is 1.13 bits per heavy atom. The van der Waals surface area contributed by atoms with Gasteiger partial charge in [0, 0.05) is 10.8 Å². The van der Waals surface area contributed by atoms with E-state index in [-0.39, 0.29) is 4.90 Å². The highest BCUT2D eigenvalue weighted by atomic mass is 35.5. The Morgan fingerprint density at radius 2 is 1.81 bits per heavy atom. The van der Waals surface area contributed by atoms with Crippen molar-refractivity contribution in [3.05, 3.63) is 59.6 Å².